The standard InChI is InChI=1S/C21H23N5O2.2ClH/c1-12-24-17-4-2-13(7-18(17)25-12)9-23-20(27)16-3-5-19-15-6-14(8-22-10-15)11-26(19)21(16)28;;/h2-5,7,14-15,22H,6,8-11H2,1H3,(H,23,27)(H,24,25);2*1H/t14-,15+;;/m0../s1. The van der Waals surface area contributed by atoms with Gasteiger partial charge in [-0.3, -0.25) is 9.59 Å². The molecule has 2 aromatic heterocycles. The summed E-state index contributed by atoms with van der Waals surface area (Å²) < 4.78 is 1.81. The number of aromatic amines is 1. The molecule has 1 aromatic carbocycles. The number of nitrogens with one attached hydrogen (secondary N) is 3. The van der Waals surface area contributed by atoms with E-state index in [0.29, 0.717) is 24.9 Å². The van der Waals surface area contributed by atoms with E-state index >= 15 is 0 Å². The number of aryl methyl sites for hydroxylation is 1. The largest absolute Gasteiger partial charge is 0.348 e. The number of fused-ring (bicyclic) bond motifs is 5. The summed E-state index contributed by atoms with van der Waals surface area (Å²) in [6, 6.07) is 9.48. The number of amides is 1. The maximum absolute atomic E-state index is 12.9. The second-order valence-corrected chi connectivity index (χ2v) is 7.90. The van der Waals surface area contributed by atoms with Crippen LogP contribution in [0.2, 0.25) is 0 Å². The fraction of sp³-hybridized carbons (Fsp3) is 0.381. The van der Waals surface area contributed by atoms with Crippen LogP contribution in [0.5, 0.6) is 0 Å². The quantitative estimate of drug-likeness (QED) is 0.572. The normalized spacial score (nSPS) is 19.4. The minimum absolute atomic E-state index is 0. The number of hydrogen-bond donors (Lipinski definition) is 3. The lowest BCUT2D eigenvalue weighted by Crippen LogP contribution is -2.46. The molecule has 2 bridgehead atoms. The van der Waals surface area contributed by atoms with Crippen LogP contribution in [0.15, 0.2) is 35.1 Å². The number of aromatic nitrogens is 3. The van der Waals surface area contributed by atoms with Crippen LogP contribution in [0, 0.1) is 12.8 Å². The van der Waals surface area contributed by atoms with Gasteiger partial charge >= 0.3 is 0 Å². The summed E-state index contributed by atoms with van der Waals surface area (Å²) in [6.45, 7) is 4.80. The number of pyridine rings is 1. The molecule has 2 atom stereocenters. The van der Waals surface area contributed by atoms with Crippen LogP contribution >= 0.6 is 24.8 Å². The number of piperidine rings is 1. The lowest BCUT2D eigenvalue weighted by atomic mass is 9.84. The Morgan fingerprint density at radius 2 is 2.07 bits per heavy atom. The molecule has 2 aliphatic rings. The first-order valence-electron chi connectivity index (χ1n) is 9.76. The van der Waals surface area contributed by atoms with Gasteiger partial charge in [-0.1, -0.05) is 6.07 Å². The van der Waals surface area contributed by atoms with Gasteiger partial charge in [0.25, 0.3) is 11.5 Å². The number of carbonyl (C=O) groups excluding carboxylic acids is 1. The second kappa shape index (κ2) is 8.79. The Morgan fingerprint density at radius 1 is 1.23 bits per heavy atom. The van der Waals surface area contributed by atoms with Gasteiger partial charge in [0, 0.05) is 31.2 Å². The average Bonchev–Trinajstić information content (AvgIpc) is 3.06. The molecular weight excluding hydrogens is 425 g/mol. The van der Waals surface area contributed by atoms with Crippen molar-refractivity contribution in [1.82, 2.24) is 25.2 Å². The molecule has 3 aromatic rings. The van der Waals surface area contributed by atoms with Crippen molar-refractivity contribution in [1.29, 1.82) is 0 Å². The Kier molecular flexibility index (Phi) is 6.55. The molecule has 7 nitrogen and oxygen atoms in total. The van der Waals surface area contributed by atoms with Crippen molar-refractivity contribution in [3.63, 3.8) is 0 Å². The average molecular weight is 450 g/mol. The highest BCUT2D eigenvalue weighted by molar-refractivity contribution is 5.93. The van der Waals surface area contributed by atoms with Gasteiger partial charge in [0.15, 0.2) is 0 Å². The zero-order valence-electron chi connectivity index (χ0n) is 16.6. The maximum Gasteiger partial charge on any atom is 0.263 e. The lowest BCUT2D eigenvalue weighted by Gasteiger charge is -2.37. The van der Waals surface area contributed by atoms with Gasteiger partial charge in [0.1, 0.15) is 11.4 Å². The molecule has 1 fully saturated rings. The molecule has 2 aliphatic heterocycles. The molecule has 0 radical (unpaired) electrons. The van der Waals surface area contributed by atoms with E-state index in [-0.39, 0.29) is 41.8 Å². The third-order valence-electron chi connectivity index (χ3n) is 5.87. The smallest absolute Gasteiger partial charge is 0.263 e. The van der Waals surface area contributed by atoms with E-state index < -0.39 is 0 Å². The van der Waals surface area contributed by atoms with Gasteiger partial charge < -0.3 is 20.2 Å². The molecule has 30 heavy (non-hydrogen) atoms. The first-order valence-corrected chi connectivity index (χ1v) is 9.76. The lowest BCUT2D eigenvalue weighted by molar-refractivity contribution is 0.0948. The SMILES string of the molecule is Cc1nc2ccc(CNC(=O)c3ccc4n(c3=O)C[C@@H]3CNC[C@H]4C3)cc2[nH]1.Cl.Cl. The molecular formula is C21H25Cl2N5O2. The predicted molar refractivity (Wildman–Crippen MR) is 121 cm³/mol. The summed E-state index contributed by atoms with van der Waals surface area (Å²) in [4.78, 5) is 33.2. The molecule has 4 heterocycles. The highest BCUT2D eigenvalue weighted by Crippen LogP contribution is 2.31. The Labute approximate surface area is 186 Å². The van der Waals surface area contributed by atoms with Crippen molar-refractivity contribution in [2.24, 2.45) is 5.92 Å². The van der Waals surface area contributed by atoms with Crippen LogP contribution in [-0.4, -0.2) is 33.5 Å². The van der Waals surface area contributed by atoms with Crippen LogP contribution in [-0.2, 0) is 13.1 Å². The number of carbonyl (C=O) groups is 1. The monoisotopic (exact) mass is 449 g/mol. The number of imidazole rings is 1. The number of H-pyrrole nitrogens is 1. The van der Waals surface area contributed by atoms with Gasteiger partial charge in [0.05, 0.1) is 11.0 Å². The summed E-state index contributed by atoms with van der Waals surface area (Å²) in [5.41, 5.74) is 3.90. The number of halogens is 2. The Balaban J connectivity index is 0.00000128. The van der Waals surface area contributed by atoms with Crippen LogP contribution in [0.4, 0.5) is 0 Å². The van der Waals surface area contributed by atoms with Gasteiger partial charge in [0.2, 0.25) is 0 Å². The molecule has 0 saturated carbocycles. The summed E-state index contributed by atoms with van der Waals surface area (Å²) in [7, 11) is 0. The molecule has 0 spiro atoms. The van der Waals surface area contributed by atoms with Gasteiger partial charge in [-0.25, -0.2) is 4.98 Å². The van der Waals surface area contributed by atoms with Crippen LogP contribution in [0.1, 0.15) is 39.8 Å². The van der Waals surface area contributed by atoms with Crippen molar-refractivity contribution < 1.29 is 4.79 Å². The minimum atomic E-state index is -0.324. The van der Waals surface area contributed by atoms with Gasteiger partial charge in [-0.2, -0.15) is 0 Å². The molecule has 3 N–H and O–H groups in total. The highest BCUT2D eigenvalue weighted by Gasteiger charge is 2.31. The maximum atomic E-state index is 12.9. The van der Waals surface area contributed by atoms with E-state index in [1.165, 1.54) is 0 Å². The van der Waals surface area contributed by atoms with Crippen LogP contribution in [0.25, 0.3) is 11.0 Å². The summed E-state index contributed by atoms with van der Waals surface area (Å²) in [5.74, 6) is 1.36. The van der Waals surface area contributed by atoms with E-state index in [4.69, 9.17) is 0 Å². The molecule has 0 aliphatic carbocycles. The molecule has 5 rings (SSSR count). The molecule has 0 unspecified atom stereocenters. The number of nitrogens with zero attached hydrogens (tertiary/aromatic N) is 2. The Hall–Kier alpha value is -2.35. The highest BCUT2D eigenvalue weighted by atomic mass is 35.5. The second-order valence-electron chi connectivity index (χ2n) is 7.90. The fourth-order valence-corrected chi connectivity index (χ4v) is 4.54. The van der Waals surface area contributed by atoms with Crippen LogP contribution < -0.4 is 16.2 Å². The number of rotatable bonds is 3. The summed E-state index contributed by atoms with van der Waals surface area (Å²) >= 11 is 0. The van der Waals surface area contributed by atoms with Gasteiger partial charge in [-0.15, -0.1) is 24.8 Å². The molecule has 9 heteroatoms. The zero-order valence-corrected chi connectivity index (χ0v) is 18.2. The first kappa shape index (κ1) is 22.3. The van der Waals surface area contributed by atoms with Crippen molar-refractivity contribution in [3.8, 4) is 0 Å². The third kappa shape index (κ3) is 3.97. The topological polar surface area (TPSA) is 91.8 Å². The van der Waals surface area contributed by atoms with Crippen molar-refractivity contribution >= 4 is 41.8 Å². The third-order valence-corrected chi connectivity index (χ3v) is 5.87. The van der Waals surface area contributed by atoms with E-state index in [9.17, 15) is 9.59 Å². The molecule has 160 valence electrons. The van der Waals surface area contributed by atoms with Gasteiger partial charge in [-0.05, 0) is 55.6 Å². The molecule has 1 amide bonds. The van der Waals surface area contributed by atoms with E-state index in [1.807, 2.05) is 35.8 Å². The first-order chi connectivity index (χ1) is 13.6. The summed E-state index contributed by atoms with van der Waals surface area (Å²) in [5, 5.41) is 6.32. The minimum Gasteiger partial charge on any atom is -0.348 e. The van der Waals surface area contributed by atoms with Crippen molar-refractivity contribution in [3.05, 3.63) is 63.3 Å². The Morgan fingerprint density at radius 3 is 2.90 bits per heavy atom. The Bertz CT molecular complexity index is 1140. The van der Waals surface area contributed by atoms with Crippen molar-refractivity contribution in [2.45, 2.75) is 32.4 Å². The van der Waals surface area contributed by atoms with E-state index in [1.54, 1.807) is 6.07 Å². The van der Waals surface area contributed by atoms with Crippen molar-refractivity contribution in [2.75, 3.05) is 13.1 Å². The molecule has 1 saturated heterocycles. The van der Waals surface area contributed by atoms with E-state index in [2.05, 4.69) is 20.6 Å². The summed E-state index contributed by atoms with van der Waals surface area (Å²) in [6.07, 6.45) is 1.12. The predicted octanol–water partition coefficient (Wildman–Crippen LogP) is 2.51. The van der Waals surface area contributed by atoms with Crippen LogP contribution in [0.3, 0.4) is 0 Å². The fourth-order valence-electron chi connectivity index (χ4n) is 4.54. The van der Waals surface area contributed by atoms with E-state index in [0.717, 1.165) is 47.6 Å². The zero-order chi connectivity index (χ0) is 19.3. The number of benzene rings is 1. The number of hydrogen-bond acceptors (Lipinski definition) is 4.